The minimum absolute atomic E-state index is 0.0662. The maximum absolute atomic E-state index is 10.7. The lowest BCUT2D eigenvalue weighted by atomic mass is 10.0. The molecule has 0 saturated carbocycles. The van der Waals surface area contributed by atoms with Crippen molar-refractivity contribution in [1.82, 2.24) is 19.3 Å². The maximum Gasteiger partial charge on any atom is 0.137 e. The Kier molecular flexibility index (Phi) is 6.01. The van der Waals surface area contributed by atoms with Gasteiger partial charge in [0.15, 0.2) is 0 Å². The van der Waals surface area contributed by atoms with Crippen LogP contribution in [0.15, 0.2) is 66.0 Å². The average molecular weight is 457 g/mol. The van der Waals surface area contributed by atoms with Gasteiger partial charge in [0, 0.05) is 47.5 Å². The minimum atomic E-state index is -0.509. The zero-order chi connectivity index (χ0) is 22.8. The van der Waals surface area contributed by atoms with E-state index in [1.807, 2.05) is 12.4 Å². The third kappa shape index (κ3) is 4.57. The highest BCUT2D eigenvalue weighted by molar-refractivity contribution is 7.97. The number of benzene rings is 1. The fourth-order valence-electron chi connectivity index (χ4n) is 4.17. The van der Waals surface area contributed by atoms with Crippen LogP contribution in [0.1, 0.15) is 17.5 Å². The predicted octanol–water partition coefficient (Wildman–Crippen LogP) is 4.36. The summed E-state index contributed by atoms with van der Waals surface area (Å²) < 4.78 is 2.20. The number of hydrogen-bond acceptors (Lipinski definition) is 7. The molecule has 1 aliphatic heterocycles. The Balaban J connectivity index is 1.20. The van der Waals surface area contributed by atoms with Gasteiger partial charge in [-0.25, -0.2) is 14.3 Å². The molecule has 1 aliphatic rings. The fraction of sp³-hybridized carbons (Fsp3) is 0.240. The lowest BCUT2D eigenvalue weighted by Crippen LogP contribution is -2.47. The molecule has 4 aromatic rings. The van der Waals surface area contributed by atoms with Crippen LogP contribution in [0.5, 0.6) is 0 Å². The number of H-pyrrole nitrogens is 1. The van der Waals surface area contributed by atoms with Crippen molar-refractivity contribution in [1.29, 1.82) is 5.26 Å². The van der Waals surface area contributed by atoms with Gasteiger partial charge in [-0.3, -0.25) is 0 Å². The van der Waals surface area contributed by atoms with E-state index in [0.717, 1.165) is 40.0 Å². The average Bonchev–Trinajstić information content (AvgIpc) is 3.32. The molecule has 5 rings (SSSR count). The maximum atomic E-state index is 10.7. The van der Waals surface area contributed by atoms with Crippen molar-refractivity contribution in [3.05, 3.63) is 72.2 Å². The van der Waals surface area contributed by atoms with Crippen molar-refractivity contribution < 1.29 is 5.11 Å². The molecule has 8 heteroatoms. The Bertz CT molecular complexity index is 1300. The summed E-state index contributed by atoms with van der Waals surface area (Å²) in [5.74, 6) is 0.678. The summed E-state index contributed by atoms with van der Waals surface area (Å²) in [6, 6.07) is 16.1. The second-order valence-electron chi connectivity index (χ2n) is 8.19. The number of aliphatic hydroxyl groups is 1. The van der Waals surface area contributed by atoms with Crippen molar-refractivity contribution in [2.75, 3.05) is 18.4 Å². The van der Waals surface area contributed by atoms with E-state index in [-0.39, 0.29) is 6.04 Å². The van der Waals surface area contributed by atoms with Gasteiger partial charge in [-0.15, -0.1) is 0 Å². The molecule has 166 valence electrons. The van der Waals surface area contributed by atoms with E-state index in [9.17, 15) is 5.11 Å². The van der Waals surface area contributed by atoms with Crippen molar-refractivity contribution in [2.45, 2.75) is 30.4 Å². The number of aryl methyl sites for hydroxylation is 1. The monoisotopic (exact) mass is 456 g/mol. The van der Waals surface area contributed by atoms with E-state index in [1.165, 1.54) is 11.8 Å². The van der Waals surface area contributed by atoms with Gasteiger partial charge in [0.25, 0.3) is 0 Å². The van der Waals surface area contributed by atoms with Crippen molar-refractivity contribution in [3.63, 3.8) is 0 Å². The smallest absolute Gasteiger partial charge is 0.137 e. The van der Waals surface area contributed by atoms with Crippen LogP contribution in [-0.2, 0) is 0 Å². The van der Waals surface area contributed by atoms with Gasteiger partial charge in [-0.1, -0.05) is 12.1 Å². The van der Waals surface area contributed by atoms with Crippen molar-refractivity contribution in [2.24, 2.45) is 0 Å². The number of aromatic amines is 1. The molecular weight excluding hydrogens is 432 g/mol. The number of nitrogens with one attached hydrogen (secondary N) is 2. The number of piperidine rings is 1. The molecule has 3 N–H and O–H groups in total. The summed E-state index contributed by atoms with van der Waals surface area (Å²) in [5.41, 5.74) is 4.93. The number of anilines is 1. The molecule has 2 atom stereocenters. The Hall–Kier alpha value is -3.38. The van der Waals surface area contributed by atoms with Gasteiger partial charge in [-0.2, -0.15) is 5.26 Å². The molecule has 0 unspecified atom stereocenters. The van der Waals surface area contributed by atoms with Gasteiger partial charge in [0.05, 0.1) is 17.7 Å². The molecule has 4 heterocycles. The van der Waals surface area contributed by atoms with Crippen LogP contribution >= 0.6 is 11.9 Å². The third-order valence-electron chi connectivity index (χ3n) is 6.03. The second-order valence-corrected chi connectivity index (χ2v) is 9.36. The number of nitriles is 1. The van der Waals surface area contributed by atoms with Crippen LogP contribution in [0.25, 0.3) is 22.2 Å². The first kappa shape index (κ1) is 21.5. The fourth-order valence-corrected chi connectivity index (χ4v) is 5.15. The number of β-amino-alcohol motifs (C(OH)–C–C–N with tert-alkyl or cyclic N) is 1. The Morgan fingerprint density at radius 3 is 2.73 bits per heavy atom. The summed E-state index contributed by atoms with van der Waals surface area (Å²) in [4.78, 5) is 13.1. The Morgan fingerprint density at radius 2 is 2.00 bits per heavy atom. The molecule has 0 radical (unpaired) electrons. The van der Waals surface area contributed by atoms with Gasteiger partial charge in [0.1, 0.15) is 17.5 Å². The highest BCUT2D eigenvalue weighted by Gasteiger charge is 2.28. The van der Waals surface area contributed by atoms with Crippen LogP contribution in [0, 0.1) is 18.3 Å². The lowest BCUT2D eigenvalue weighted by molar-refractivity contribution is 0.0992. The normalized spacial score (nSPS) is 18.8. The molecule has 1 fully saturated rings. The van der Waals surface area contributed by atoms with Crippen molar-refractivity contribution >= 4 is 28.8 Å². The summed E-state index contributed by atoms with van der Waals surface area (Å²) in [5, 5.41) is 24.0. The Morgan fingerprint density at radius 1 is 1.15 bits per heavy atom. The van der Waals surface area contributed by atoms with Gasteiger partial charge < -0.3 is 15.4 Å². The molecule has 33 heavy (non-hydrogen) atoms. The lowest BCUT2D eigenvalue weighted by Gasteiger charge is -2.35. The van der Waals surface area contributed by atoms with Crippen LogP contribution in [0.4, 0.5) is 5.82 Å². The number of nitrogens with zero attached hydrogens (tertiary/aromatic N) is 4. The van der Waals surface area contributed by atoms with Crippen molar-refractivity contribution in [3.8, 4) is 17.2 Å². The first-order chi connectivity index (χ1) is 16.1. The van der Waals surface area contributed by atoms with E-state index in [0.29, 0.717) is 17.9 Å². The Labute approximate surface area is 196 Å². The van der Waals surface area contributed by atoms with E-state index in [1.54, 1.807) is 24.1 Å². The standard InChI is InChI=1S/C25H24N6OS/c1-16-20-8-10-27-25(20)29-14-21(16)18-3-5-19(6-4-18)33-31-11-9-22(23(32)15-31)30-24-7-2-17(12-26)13-28-24/h2-8,10,13-14,22-23,32H,9,11,15H2,1H3,(H,27,29)(H,28,30)/t22-,23+/m1/s1. The number of rotatable bonds is 5. The SMILES string of the molecule is Cc1c(-c2ccc(SN3CC[C@@H](Nc4ccc(C#N)cn4)[C@@H](O)C3)cc2)cnc2[nH]ccc12. The largest absolute Gasteiger partial charge is 0.390 e. The molecule has 3 aromatic heterocycles. The van der Waals surface area contributed by atoms with E-state index in [4.69, 9.17) is 5.26 Å². The molecule has 7 nitrogen and oxygen atoms in total. The summed E-state index contributed by atoms with van der Waals surface area (Å²) in [7, 11) is 0. The number of hydrogen-bond donors (Lipinski definition) is 3. The van der Waals surface area contributed by atoms with E-state index in [2.05, 4.69) is 67.9 Å². The van der Waals surface area contributed by atoms with Crippen LogP contribution in [-0.4, -0.2) is 49.6 Å². The highest BCUT2D eigenvalue weighted by atomic mass is 32.2. The number of pyridine rings is 2. The first-order valence-electron chi connectivity index (χ1n) is 10.9. The molecule has 0 spiro atoms. The van der Waals surface area contributed by atoms with Crippen LogP contribution < -0.4 is 5.32 Å². The number of aliphatic hydroxyl groups excluding tert-OH is 1. The molecule has 1 saturated heterocycles. The van der Waals surface area contributed by atoms with Crippen LogP contribution in [0.3, 0.4) is 0 Å². The number of fused-ring (bicyclic) bond motifs is 1. The second kappa shape index (κ2) is 9.24. The minimum Gasteiger partial charge on any atom is -0.390 e. The highest BCUT2D eigenvalue weighted by Crippen LogP contribution is 2.32. The quantitative estimate of drug-likeness (QED) is 0.384. The summed E-state index contributed by atoms with van der Waals surface area (Å²) in [6.45, 7) is 3.54. The predicted molar refractivity (Wildman–Crippen MR) is 131 cm³/mol. The van der Waals surface area contributed by atoms with Gasteiger partial charge >= 0.3 is 0 Å². The first-order valence-corrected chi connectivity index (χ1v) is 11.6. The zero-order valence-corrected chi connectivity index (χ0v) is 19.0. The van der Waals surface area contributed by atoms with E-state index >= 15 is 0 Å². The molecular formula is C25H24N6OS. The number of aromatic nitrogens is 3. The zero-order valence-electron chi connectivity index (χ0n) is 18.2. The molecule has 1 aromatic carbocycles. The van der Waals surface area contributed by atoms with Crippen LogP contribution in [0.2, 0.25) is 0 Å². The van der Waals surface area contributed by atoms with E-state index < -0.39 is 6.10 Å². The molecule has 0 aliphatic carbocycles. The summed E-state index contributed by atoms with van der Waals surface area (Å²) in [6.07, 6.45) is 5.67. The molecule has 0 bridgehead atoms. The van der Waals surface area contributed by atoms with Gasteiger partial charge in [-0.05, 0) is 66.8 Å². The van der Waals surface area contributed by atoms with Gasteiger partial charge in [0.2, 0.25) is 0 Å². The third-order valence-corrected chi connectivity index (χ3v) is 7.10. The summed E-state index contributed by atoms with van der Waals surface area (Å²) >= 11 is 1.67. The topological polar surface area (TPSA) is 101 Å². The molecule has 0 amide bonds.